The first kappa shape index (κ1) is 13.6. The molecule has 1 N–H and O–H groups in total. The van der Waals surface area contributed by atoms with Crippen LogP contribution in [0.2, 0.25) is 0 Å². The van der Waals surface area contributed by atoms with Gasteiger partial charge in [-0.05, 0) is 29.8 Å². The molecule has 3 rings (SSSR count). The molecule has 0 spiro atoms. The summed E-state index contributed by atoms with van der Waals surface area (Å²) in [7, 11) is -4.13. The zero-order valence-corrected chi connectivity index (χ0v) is 11.6. The summed E-state index contributed by atoms with van der Waals surface area (Å²) in [5.41, 5.74) is 1.03. The molecular formula is C14H11FN2O3S. The van der Waals surface area contributed by atoms with E-state index in [2.05, 4.69) is 4.72 Å². The minimum atomic E-state index is -4.13. The molecule has 7 heteroatoms. The van der Waals surface area contributed by atoms with Gasteiger partial charge in [-0.1, -0.05) is 24.3 Å². The first-order valence-corrected chi connectivity index (χ1v) is 7.61. The van der Waals surface area contributed by atoms with Gasteiger partial charge in [0, 0.05) is 0 Å². The lowest BCUT2D eigenvalue weighted by atomic mass is 10.2. The van der Waals surface area contributed by atoms with Gasteiger partial charge in [-0.25, -0.2) is 4.39 Å². The summed E-state index contributed by atoms with van der Waals surface area (Å²) in [6.07, 6.45) is 0.0280. The van der Waals surface area contributed by atoms with Crippen LogP contribution in [0, 0.1) is 5.82 Å². The molecule has 0 bridgehead atoms. The second-order valence-electron chi connectivity index (χ2n) is 4.58. The first-order chi connectivity index (χ1) is 9.97. The number of benzene rings is 2. The molecule has 2 aromatic rings. The Bertz CT molecular complexity index is 820. The molecule has 0 saturated heterocycles. The Balaban J connectivity index is 1.97. The fourth-order valence-corrected chi connectivity index (χ4v) is 3.52. The number of carbonyl (C=O) groups excluding carboxylic acids is 1. The Kier molecular flexibility index (Phi) is 3.13. The van der Waals surface area contributed by atoms with Crippen molar-refractivity contribution >= 4 is 27.5 Å². The van der Waals surface area contributed by atoms with Crippen LogP contribution in [-0.4, -0.2) is 14.3 Å². The number of nitrogens with one attached hydrogen (secondary N) is 1. The number of halogens is 1. The SMILES string of the molecule is O=C1Cc2ccccc2N1S(=O)(=O)Nc1cccc(F)c1. The molecule has 1 heterocycles. The van der Waals surface area contributed by atoms with Crippen molar-refractivity contribution in [1.82, 2.24) is 0 Å². The number of hydrogen-bond acceptors (Lipinski definition) is 3. The predicted molar refractivity (Wildman–Crippen MR) is 76.6 cm³/mol. The molecule has 0 fully saturated rings. The van der Waals surface area contributed by atoms with Crippen LogP contribution in [0.3, 0.4) is 0 Å². The summed E-state index contributed by atoms with van der Waals surface area (Å²) in [4.78, 5) is 12.0. The van der Waals surface area contributed by atoms with Crippen LogP contribution in [0.4, 0.5) is 15.8 Å². The number of carbonyl (C=O) groups is 1. The van der Waals surface area contributed by atoms with E-state index in [0.29, 0.717) is 15.6 Å². The van der Waals surface area contributed by atoms with Gasteiger partial charge in [-0.3, -0.25) is 9.52 Å². The van der Waals surface area contributed by atoms with Crippen molar-refractivity contribution in [2.24, 2.45) is 0 Å². The highest BCUT2D eigenvalue weighted by Crippen LogP contribution is 2.31. The highest BCUT2D eigenvalue weighted by molar-refractivity contribution is 7.94. The van der Waals surface area contributed by atoms with Crippen molar-refractivity contribution in [2.45, 2.75) is 6.42 Å². The summed E-state index contributed by atoms with van der Waals surface area (Å²) in [5, 5.41) is 0. The van der Waals surface area contributed by atoms with Crippen molar-refractivity contribution in [1.29, 1.82) is 0 Å². The highest BCUT2D eigenvalue weighted by Gasteiger charge is 2.36. The molecule has 108 valence electrons. The van der Waals surface area contributed by atoms with Gasteiger partial charge in [-0.15, -0.1) is 0 Å². The minimum absolute atomic E-state index is 0.0280. The normalized spacial score (nSPS) is 14.1. The monoisotopic (exact) mass is 306 g/mol. The fourth-order valence-electron chi connectivity index (χ4n) is 2.24. The second kappa shape index (κ2) is 4.85. The Morgan fingerprint density at radius 2 is 1.86 bits per heavy atom. The summed E-state index contributed by atoms with van der Waals surface area (Å²) in [6, 6.07) is 11.7. The number of anilines is 2. The van der Waals surface area contributed by atoms with Crippen LogP contribution >= 0.6 is 0 Å². The lowest BCUT2D eigenvalue weighted by molar-refractivity contribution is -0.116. The number of rotatable bonds is 3. The third kappa shape index (κ3) is 2.47. The summed E-state index contributed by atoms with van der Waals surface area (Å²) in [6.45, 7) is 0. The summed E-state index contributed by atoms with van der Waals surface area (Å²) in [5.74, 6) is -1.11. The number of fused-ring (bicyclic) bond motifs is 1. The second-order valence-corrected chi connectivity index (χ2v) is 6.10. The number of nitrogens with zero attached hydrogens (tertiary/aromatic N) is 1. The van der Waals surface area contributed by atoms with Crippen molar-refractivity contribution in [3.05, 3.63) is 59.9 Å². The molecule has 0 unspecified atom stereocenters. The van der Waals surface area contributed by atoms with Crippen LogP contribution in [-0.2, 0) is 21.4 Å². The number of para-hydroxylation sites is 1. The molecule has 21 heavy (non-hydrogen) atoms. The van der Waals surface area contributed by atoms with Crippen molar-refractivity contribution in [3.63, 3.8) is 0 Å². The Hall–Kier alpha value is -2.41. The summed E-state index contributed by atoms with van der Waals surface area (Å²) >= 11 is 0. The zero-order valence-electron chi connectivity index (χ0n) is 10.8. The zero-order chi connectivity index (χ0) is 15.0. The van der Waals surface area contributed by atoms with Gasteiger partial charge >= 0.3 is 10.2 Å². The van der Waals surface area contributed by atoms with E-state index in [-0.39, 0.29) is 12.1 Å². The number of hydrogen-bond donors (Lipinski definition) is 1. The Morgan fingerprint density at radius 3 is 2.62 bits per heavy atom. The van der Waals surface area contributed by atoms with Gasteiger partial charge in [0.2, 0.25) is 5.91 Å². The minimum Gasteiger partial charge on any atom is -0.273 e. The first-order valence-electron chi connectivity index (χ1n) is 6.17. The average molecular weight is 306 g/mol. The van der Waals surface area contributed by atoms with Crippen LogP contribution in [0.15, 0.2) is 48.5 Å². The van der Waals surface area contributed by atoms with E-state index in [1.54, 1.807) is 24.3 Å². The van der Waals surface area contributed by atoms with Crippen LogP contribution in [0.25, 0.3) is 0 Å². The lowest BCUT2D eigenvalue weighted by Gasteiger charge is -2.18. The maximum atomic E-state index is 13.1. The van der Waals surface area contributed by atoms with E-state index in [1.807, 2.05) is 0 Å². The van der Waals surface area contributed by atoms with Gasteiger partial charge < -0.3 is 0 Å². The van der Waals surface area contributed by atoms with Crippen LogP contribution in [0.1, 0.15) is 5.56 Å². The van der Waals surface area contributed by atoms with Gasteiger partial charge in [0.15, 0.2) is 0 Å². The summed E-state index contributed by atoms with van der Waals surface area (Å²) < 4.78 is 40.8. The Morgan fingerprint density at radius 1 is 1.10 bits per heavy atom. The third-order valence-electron chi connectivity index (χ3n) is 3.09. The van der Waals surface area contributed by atoms with Gasteiger partial charge in [0.05, 0.1) is 17.8 Å². The molecule has 0 saturated carbocycles. The molecule has 2 aromatic carbocycles. The highest BCUT2D eigenvalue weighted by atomic mass is 32.2. The van der Waals surface area contributed by atoms with Crippen molar-refractivity contribution in [3.8, 4) is 0 Å². The van der Waals surface area contributed by atoms with E-state index in [1.165, 1.54) is 18.2 Å². The lowest BCUT2D eigenvalue weighted by Crippen LogP contribution is -2.38. The van der Waals surface area contributed by atoms with Crippen molar-refractivity contribution < 1.29 is 17.6 Å². The van der Waals surface area contributed by atoms with E-state index >= 15 is 0 Å². The van der Waals surface area contributed by atoms with Crippen LogP contribution in [0.5, 0.6) is 0 Å². The molecule has 1 aliphatic heterocycles. The van der Waals surface area contributed by atoms with E-state index in [0.717, 1.165) is 6.07 Å². The van der Waals surface area contributed by atoms with E-state index in [9.17, 15) is 17.6 Å². The fraction of sp³-hybridized carbons (Fsp3) is 0.0714. The van der Waals surface area contributed by atoms with Gasteiger partial charge in [-0.2, -0.15) is 12.7 Å². The molecule has 0 atom stereocenters. The molecule has 0 radical (unpaired) electrons. The van der Waals surface area contributed by atoms with Crippen LogP contribution < -0.4 is 9.03 Å². The molecule has 1 amide bonds. The molecule has 1 aliphatic rings. The van der Waals surface area contributed by atoms with Gasteiger partial charge in [0.25, 0.3) is 0 Å². The van der Waals surface area contributed by atoms with Gasteiger partial charge in [0.1, 0.15) is 5.82 Å². The number of amides is 1. The molecule has 0 aromatic heterocycles. The third-order valence-corrected chi connectivity index (χ3v) is 4.47. The molecule has 0 aliphatic carbocycles. The largest absolute Gasteiger partial charge is 0.330 e. The Labute approximate surface area is 121 Å². The maximum Gasteiger partial charge on any atom is 0.330 e. The standard InChI is InChI=1S/C14H11FN2O3S/c15-11-5-3-6-12(9-11)16-21(19,20)17-13-7-2-1-4-10(13)8-14(17)18/h1-7,9,16H,8H2. The van der Waals surface area contributed by atoms with Crippen molar-refractivity contribution in [2.75, 3.05) is 9.03 Å². The molecular weight excluding hydrogens is 295 g/mol. The van der Waals surface area contributed by atoms with E-state index < -0.39 is 21.9 Å². The predicted octanol–water partition coefficient (Wildman–Crippen LogP) is 2.07. The quantitative estimate of drug-likeness (QED) is 0.944. The van der Waals surface area contributed by atoms with E-state index in [4.69, 9.17) is 0 Å². The molecule has 5 nitrogen and oxygen atoms in total. The smallest absolute Gasteiger partial charge is 0.273 e. The average Bonchev–Trinajstić information content (AvgIpc) is 2.74. The topological polar surface area (TPSA) is 66.5 Å². The maximum absolute atomic E-state index is 13.1.